The fraction of sp³-hybridized carbons (Fsp3) is 0.250. The Balaban J connectivity index is 1.53. The van der Waals surface area contributed by atoms with Gasteiger partial charge in [-0.15, -0.1) is 0 Å². The molecular weight excluding hydrogens is 462 g/mol. The molecule has 3 aromatic rings. The van der Waals surface area contributed by atoms with E-state index in [-0.39, 0.29) is 18.6 Å². The minimum Gasteiger partial charge on any atom is -0.459 e. The summed E-state index contributed by atoms with van der Waals surface area (Å²) in [4.78, 5) is 25.1. The van der Waals surface area contributed by atoms with E-state index < -0.39 is 11.4 Å². The molecule has 180 valence electrons. The van der Waals surface area contributed by atoms with Crippen molar-refractivity contribution >= 4 is 34.9 Å². The number of benzene rings is 3. The third-order valence-electron chi connectivity index (χ3n) is 5.84. The molecule has 0 spiro atoms. The zero-order chi connectivity index (χ0) is 25.0. The van der Waals surface area contributed by atoms with Gasteiger partial charge >= 0.3 is 5.97 Å². The minimum atomic E-state index is -0.425. The first kappa shape index (κ1) is 24.5. The van der Waals surface area contributed by atoms with Crippen molar-refractivity contribution in [2.24, 2.45) is 5.10 Å². The van der Waals surface area contributed by atoms with Crippen molar-refractivity contribution in [1.29, 1.82) is 0 Å². The molecule has 0 saturated heterocycles. The molecule has 0 bridgehead atoms. The molecule has 0 fully saturated rings. The van der Waals surface area contributed by atoms with Gasteiger partial charge in [-0.2, -0.15) is 5.10 Å². The second-order valence-electron chi connectivity index (χ2n) is 9.06. The van der Waals surface area contributed by atoms with Gasteiger partial charge < -0.3 is 10.1 Å². The van der Waals surface area contributed by atoms with Crippen LogP contribution in [-0.2, 0) is 14.9 Å². The number of rotatable bonds is 7. The van der Waals surface area contributed by atoms with Gasteiger partial charge in [0.1, 0.15) is 6.54 Å². The third-order valence-corrected chi connectivity index (χ3v) is 6.09. The van der Waals surface area contributed by atoms with Crippen molar-refractivity contribution in [3.05, 3.63) is 101 Å². The van der Waals surface area contributed by atoms with E-state index in [9.17, 15) is 9.59 Å². The lowest BCUT2D eigenvalue weighted by Crippen LogP contribution is -2.38. The summed E-state index contributed by atoms with van der Waals surface area (Å²) in [6, 6.07) is 24.5. The summed E-state index contributed by atoms with van der Waals surface area (Å²) in [6.45, 7) is 6.34. The van der Waals surface area contributed by atoms with Gasteiger partial charge in [-0.25, -0.2) is 4.79 Å². The Morgan fingerprint density at radius 2 is 1.77 bits per heavy atom. The number of anilines is 1. The Morgan fingerprint density at radius 1 is 1.06 bits per heavy atom. The van der Waals surface area contributed by atoms with Crippen LogP contribution >= 0.6 is 11.6 Å². The maximum atomic E-state index is 12.9. The smallest absolute Gasteiger partial charge is 0.338 e. The Bertz CT molecular complexity index is 1240. The Kier molecular flexibility index (Phi) is 7.22. The topological polar surface area (TPSA) is 71.0 Å². The number of esters is 1. The van der Waals surface area contributed by atoms with Gasteiger partial charge in [0.05, 0.1) is 29.3 Å². The van der Waals surface area contributed by atoms with E-state index in [1.54, 1.807) is 43.1 Å². The number of nitrogens with zero attached hydrogens (tertiary/aromatic N) is 2. The van der Waals surface area contributed by atoms with Crippen LogP contribution in [0, 0.1) is 0 Å². The molecule has 3 aromatic carbocycles. The van der Waals surface area contributed by atoms with Crippen molar-refractivity contribution in [2.75, 3.05) is 18.4 Å². The van der Waals surface area contributed by atoms with E-state index in [0.717, 1.165) is 16.8 Å². The molecule has 35 heavy (non-hydrogen) atoms. The summed E-state index contributed by atoms with van der Waals surface area (Å²) >= 11 is 6.10. The number of carbonyl (C=O) groups excluding carboxylic acids is 2. The summed E-state index contributed by atoms with van der Waals surface area (Å²) < 4.78 is 5.24. The quantitative estimate of drug-likeness (QED) is 0.443. The van der Waals surface area contributed by atoms with Gasteiger partial charge in [0.25, 0.3) is 0 Å². The van der Waals surface area contributed by atoms with Crippen molar-refractivity contribution < 1.29 is 14.3 Å². The number of carbonyl (C=O) groups is 2. The number of nitrogens with one attached hydrogen (secondary N) is 1. The van der Waals surface area contributed by atoms with Crippen LogP contribution in [0.1, 0.15) is 42.3 Å². The van der Waals surface area contributed by atoms with E-state index in [4.69, 9.17) is 21.4 Å². The molecule has 0 saturated carbocycles. The second kappa shape index (κ2) is 10.3. The van der Waals surface area contributed by atoms with Crippen LogP contribution in [0.4, 0.5) is 5.69 Å². The van der Waals surface area contributed by atoms with Gasteiger partial charge in [-0.3, -0.25) is 9.80 Å². The summed E-state index contributed by atoms with van der Waals surface area (Å²) in [5.41, 5.74) is 3.47. The molecule has 0 aliphatic carbocycles. The van der Waals surface area contributed by atoms with Gasteiger partial charge in [-0.05, 0) is 62.2 Å². The van der Waals surface area contributed by atoms with Crippen molar-refractivity contribution in [1.82, 2.24) is 5.01 Å². The number of hydrogen-bond acceptors (Lipinski definition) is 5. The average molecular weight is 490 g/mol. The highest BCUT2D eigenvalue weighted by atomic mass is 35.5. The Morgan fingerprint density at radius 3 is 2.46 bits per heavy atom. The number of halogens is 1. The van der Waals surface area contributed by atoms with Crippen LogP contribution in [-0.4, -0.2) is 41.8 Å². The maximum absolute atomic E-state index is 12.9. The summed E-state index contributed by atoms with van der Waals surface area (Å²) in [5.74, 6) is -0.651. The predicted octanol–water partition coefficient (Wildman–Crippen LogP) is 5.52. The highest BCUT2D eigenvalue weighted by molar-refractivity contribution is 6.30. The molecule has 1 heterocycles. The first-order valence-corrected chi connectivity index (χ1v) is 11.9. The summed E-state index contributed by atoms with van der Waals surface area (Å²) in [5, 5.41) is 10.2. The van der Waals surface area contributed by atoms with E-state index >= 15 is 0 Å². The van der Waals surface area contributed by atoms with Crippen LogP contribution in [0.15, 0.2) is 84.0 Å². The molecule has 0 aromatic heterocycles. The maximum Gasteiger partial charge on any atom is 0.338 e. The molecule has 1 N–H and O–H groups in total. The molecule has 0 radical (unpaired) electrons. The molecule has 1 amide bonds. The fourth-order valence-electron chi connectivity index (χ4n) is 4.21. The standard InChI is InChI=1S/C28H28ClN3O3/c1-19(2)35-27(34)21-8-7-11-24(16-21)30-25(33)17-32-18-28(3,22-9-5-4-6-10-22)26(31-32)20-12-14-23(29)15-13-20/h4-16,19H,17-18H2,1-3H3,(H,30,33). The predicted molar refractivity (Wildman–Crippen MR) is 139 cm³/mol. The van der Waals surface area contributed by atoms with Gasteiger partial charge in [0.15, 0.2) is 0 Å². The molecule has 1 atom stereocenters. The zero-order valence-electron chi connectivity index (χ0n) is 20.0. The highest BCUT2D eigenvalue weighted by Crippen LogP contribution is 2.35. The summed E-state index contributed by atoms with van der Waals surface area (Å²) in [7, 11) is 0. The number of hydrazone groups is 1. The first-order chi connectivity index (χ1) is 16.7. The Labute approximate surface area is 210 Å². The monoisotopic (exact) mass is 489 g/mol. The molecule has 1 aliphatic heterocycles. The van der Waals surface area contributed by atoms with Gasteiger partial charge in [-0.1, -0.05) is 60.1 Å². The SMILES string of the molecule is CC(C)OC(=O)c1cccc(NC(=O)CN2CC(C)(c3ccccc3)C(c3ccc(Cl)cc3)=N2)c1. The van der Waals surface area contributed by atoms with Crippen molar-refractivity contribution in [3.63, 3.8) is 0 Å². The number of hydrogen-bond donors (Lipinski definition) is 1. The van der Waals surface area contributed by atoms with E-state index in [0.29, 0.717) is 22.8 Å². The molecule has 7 heteroatoms. The average Bonchev–Trinajstić information content (AvgIpc) is 3.16. The van der Waals surface area contributed by atoms with Crippen molar-refractivity contribution in [3.8, 4) is 0 Å². The van der Waals surface area contributed by atoms with E-state index in [1.807, 2.05) is 42.5 Å². The van der Waals surface area contributed by atoms with E-state index in [2.05, 4.69) is 24.4 Å². The lowest BCUT2D eigenvalue weighted by Gasteiger charge is -2.27. The van der Waals surface area contributed by atoms with Crippen LogP contribution in [0.2, 0.25) is 5.02 Å². The number of amides is 1. The minimum absolute atomic E-state index is 0.0696. The fourth-order valence-corrected chi connectivity index (χ4v) is 4.33. The third kappa shape index (κ3) is 5.72. The van der Waals surface area contributed by atoms with Crippen LogP contribution in [0.25, 0.3) is 0 Å². The van der Waals surface area contributed by atoms with Gasteiger partial charge in [0.2, 0.25) is 5.91 Å². The largest absolute Gasteiger partial charge is 0.459 e. The lowest BCUT2D eigenvalue weighted by molar-refractivity contribution is -0.117. The van der Waals surface area contributed by atoms with E-state index in [1.165, 1.54) is 0 Å². The summed E-state index contributed by atoms with van der Waals surface area (Å²) in [6.07, 6.45) is -0.220. The van der Waals surface area contributed by atoms with Crippen LogP contribution in [0.3, 0.4) is 0 Å². The normalized spacial score (nSPS) is 17.3. The number of ether oxygens (including phenoxy) is 1. The van der Waals surface area contributed by atoms with Gasteiger partial charge in [0, 0.05) is 10.7 Å². The molecule has 4 rings (SSSR count). The van der Waals surface area contributed by atoms with Crippen molar-refractivity contribution in [2.45, 2.75) is 32.3 Å². The second-order valence-corrected chi connectivity index (χ2v) is 9.50. The Hall–Kier alpha value is -3.64. The molecule has 1 aliphatic rings. The molecular formula is C28H28ClN3O3. The van der Waals surface area contributed by atoms with Crippen LogP contribution in [0.5, 0.6) is 0 Å². The lowest BCUT2D eigenvalue weighted by atomic mass is 9.76. The van der Waals surface area contributed by atoms with Crippen LogP contribution < -0.4 is 5.32 Å². The molecule has 1 unspecified atom stereocenters. The highest BCUT2D eigenvalue weighted by Gasteiger charge is 2.41. The zero-order valence-corrected chi connectivity index (χ0v) is 20.8. The first-order valence-electron chi connectivity index (χ1n) is 11.5. The molecule has 6 nitrogen and oxygen atoms in total.